The summed E-state index contributed by atoms with van der Waals surface area (Å²) >= 11 is 0. The maximum absolute atomic E-state index is 11.7. The largest absolute Gasteiger partial charge is 0.300 e. The molecule has 2 aromatic carbocycles. The van der Waals surface area contributed by atoms with Crippen LogP contribution in [-0.4, -0.2) is 5.78 Å². The van der Waals surface area contributed by atoms with Crippen molar-refractivity contribution in [2.45, 2.75) is 38.5 Å². The molecule has 1 nitrogen and oxygen atoms in total. The van der Waals surface area contributed by atoms with Gasteiger partial charge in [0.1, 0.15) is 5.78 Å². The number of hydrogen-bond acceptors (Lipinski definition) is 1. The van der Waals surface area contributed by atoms with Crippen LogP contribution in [0.25, 0.3) is 10.8 Å². The first-order chi connectivity index (χ1) is 9.33. The van der Waals surface area contributed by atoms with Crippen LogP contribution in [0, 0.1) is 5.92 Å². The van der Waals surface area contributed by atoms with E-state index in [4.69, 9.17) is 0 Å². The maximum atomic E-state index is 11.7. The molecule has 1 fully saturated rings. The number of carbonyl (C=O) groups is 1. The van der Waals surface area contributed by atoms with Crippen molar-refractivity contribution in [3.05, 3.63) is 48.0 Å². The van der Waals surface area contributed by atoms with E-state index in [1.54, 1.807) is 0 Å². The van der Waals surface area contributed by atoms with Crippen LogP contribution < -0.4 is 0 Å². The van der Waals surface area contributed by atoms with Gasteiger partial charge in [0.15, 0.2) is 0 Å². The first-order valence-corrected chi connectivity index (χ1v) is 7.31. The SMILES string of the molecule is O=C1CCCCC(Cc2cccc3ccccc23)C1. The molecule has 1 aliphatic rings. The van der Waals surface area contributed by atoms with E-state index in [2.05, 4.69) is 42.5 Å². The Morgan fingerprint density at radius 1 is 1.00 bits per heavy atom. The lowest BCUT2D eigenvalue weighted by molar-refractivity contribution is -0.119. The molecule has 19 heavy (non-hydrogen) atoms. The molecular weight excluding hydrogens is 232 g/mol. The molecule has 1 saturated carbocycles. The van der Waals surface area contributed by atoms with Crippen molar-refractivity contribution in [1.82, 2.24) is 0 Å². The summed E-state index contributed by atoms with van der Waals surface area (Å²) in [4.78, 5) is 11.7. The van der Waals surface area contributed by atoms with Crippen LogP contribution >= 0.6 is 0 Å². The summed E-state index contributed by atoms with van der Waals surface area (Å²) in [5, 5.41) is 2.65. The Balaban J connectivity index is 1.86. The van der Waals surface area contributed by atoms with E-state index in [0.29, 0.717) is 11.7 Å². The topological polar surface area (TPSA) is 17.1 Å². The molecule has 0 saturated heterocycles. The smallest absolute Gasteiger partial charge is 0.133 e. The lowest BCUT2D eigenvalue weighted by atomic mass is 9.90. The van der Waals surface area contributed by atoms with Crippen molar-refractivity contribution >= 4 is 16.6 Å². The van der Waals surface area contributed by atoms with E-state index >= 15 is 0 Å². The molecule has 0 aliphatic heterocycles. The van der Waals surface area contributed by atoms with E-state index < -0.39 is 0 Å². The van der Waals surface area contributed by atoms with E-state index in [1.165, 1.54) is 29.2 Å². The minimum Gasteiger partial charge on any atom is -0.300 e. The minimum atomic E-state index is 0.461. The number of hydrogen-bond donors (Lipinski definition) is 0. The van der Waals surface area contributed by atoms with Gasteiger partial charge in [0.05, 0.1) is 0 Å². The summed E-state index contributed by atoms with van der Waals surface area (Å²) in [5.41, 5.74) is 1.40. The van der Waals surface area contributed by atoms with Crippen LogP contribution in [0.15, 0.2) is 42.5 Å². The van der Waals surface area contributed by atoms with Crippen molar-refractivity contribution in [1.29, 1.82) is 0 Å². The summed E-state index contributed by atoms with van der Waals surface area (Å²) in [7, 11) is 0. The molecule has 0 bridgehead atoms. The number of Topliss-reactive ketones (excluding diaryl/α,β-unsaturated/α-hetero) is 1. The quantitative estimate of drug-likeness (QED) is 0.717. The maximum Gasteiger partial charge on any atom is 0.133 e. The number of fused-ring (bicyclic) bond motifs is 1. The van der Waals surface area contributed by atoms with Crippen molar-refractivity contribution < 1.29 is 4.79 Å². The van der Waals surface area contributed by atoms with Crippen LogP contribution in [-0.2, 0) is 11.2 Å². The van der Waals surface area contributed by atoms with Gasteiger partial charge in [0.2, 0.25) is 0 Å². The fraction of sp³-hybridized carbons (Fsp3) is 0.389. The highest BCUT2D eigenvalue weighted by Crippen LogP contribution is 2.27. The fourth-order valence-electron chi connectivity index (χ4n) is 3.24. The van der Waals surface area contributed by atoms with E-state index in [9.17, 15) is 4.79 Å². The van der Waals surface area contributed by atoms with E-state index in [0.717, 1.165) is 25.7 Å². The Kier molecular flexibility index (Phi) is 3.63. The second kappa shape index (κ2) is 5.56. The predicted molar refractivity (Wildman–Crippen MR) is 79.2 cm³/mol. The zero-order valence-electron chi connectivity index (χ0n) is 11.3. The van der Waals surface area contributed by atoms with Crippen molar-refractivity contribution in [2.75, 3.05) is 0 Å². The van der Waals surface area contributed by atoms with Crippen LogP contribution in [0.3, 0.4) is 0 Å². The zero-order valence-corrected chi connectivity index (χ0v) is 11.3. The van der Waals surface area contributed by atoms with Crippen molar-refractivity contribution in [3.63, 3.8) is 0 Å². The van der Waals surface area contributed by atoms with Crippen LogP contribution in [0.5, 0.6) is 0 Å². The predicted octanol–water partition coefficient (Wildman–Crippen LogP) is 4.53. The highest BCUT2D eigenvalue weighted by molar-refractivity contribution is 5.85. The summed E-state index contributed by atoms with van der Waals surface area (Å²) in [6.45, 7) is 0. The number of ketones is 1. The lowest BCUT2D eigenvalue weighted by Crippen LogP contribution is -2.08. The van der Waals surface area contributed by atoms with Gasteiger partial charge in [0.25, 0.3) is 0 Å². The van der Waals surface area contributed by atoms with Gasteiger partial charge in [-0.25, -0.2) is 0 Å². The average Bonchev–Trinajstić information content (AvgIpc) is 2.63. The molecule has 1 heteroatoms. The Labute approximate surface area is 114 Å². The molecule has 2 aromatic rings. The Morgan fingerprint density at radius 3 is 2.79 bits per heavy atom. The number of benzene rings is 2. The first-order valence-electron chi connectivity index (χ1n) is 7.31. The number of carbonyl (C=O) groups excluding carboxylic acids is 1. The third-order valence-corrected chi connectivity index (χ3v) is 4.22. The monoisotopic (exact) mass is 252 g/mol. The fourth-order valence-corrected chi connectivity index (χ4v) is 3.24. The third-order valence-electron chi connectivity index (χ3n) is 4.22. The number of rotatable bonds is 2. The summed E-state index contributed by atoms with van der Waals surface area (Å²) < 4.78 is 0. The van der Waals surface area contributed by atoms with Gasteiger partial charge in [-0.05, 0) is 41.5 Å². The second-order valence-corrected chi connectivity index (χ2v) is 5.70. The van der Waals surface area contributed by atoms with Crippen LogP contribution in [0.2, 0.25) is 0 Å². The molecule has 0 aromatic heterocycles. The van der Waals surface area contributed by atoms with Crippen molar-refractivity contribution in [2.24, 2.45) is 5.92 Å². The highest BCUT2D eigenvalue weighted by atomic mass is 16.1. The highest BCUT2D eigenvalue weighted by Gasteiger charge is 2.18. The summed E-state index contributed by atoms with van der Waals surface area (Å²) in [6.07, 6.45) is 6.13. The Hall–Kier alpha value is -1.63. The van der Waals surface area contributed by atoms with Gasteiger partial charge < -0.3 is 0 Å². The molecule has 98 valence electrons. The van der Waals surface area contributed by atoms with Gasteiger partial charge in [-0.2, -0.15) is 0 Å². The standard InChI is InChI=1S/C18H20O/c19-17-10-3-1-6-14(13-17)12-16-9-5-8-15-7-2-4-11-18(15)16/h2,4-5,7-9,11,14H,1,3,6,10,12-13H2. The Bertz CT molecular complexity index is 580. The molecule has 3 rings (SSSR count). The summed E-state index contributed by atoms with van der Waals surface area (Å²) in [5.74, 6) is 1.00. The van der Waals surface area contributed by atoms with Gasteiger partial charge in [-0.3, -0.25) is 4.79 Å². The van der Waals surface area contributed by atoms with Gasteiger partial charge in [-0.1, -0.05) is 48.9 Å². The van der Waals surface area contributed by atoms with E-state index in [1.807, 2.05) is 0 Å². The zero-order chi connectivity index (χ0) is 13.1. The molecule has 0 N–H and O–H groups in total. The molecular formula is C18H20O. The lowest BCUT2D eigenvalue weighted by Gasteiger charge is -2.15. The average molecular weight is 252 g/mol. The molecule has 1 unspecified atom stereocenters. The third kappa shape index (κ3) is 2.86. The molecule has 0 radical (unpaired) electrons. The molecule has 0 spiro atoms. The van der Waals surface area contributed by atoms with Crippen LogP contribution in [0.4, 0.5) is 0 Å². The Morgan fingerprint density at radius 2 is 1.84 bits per heavy atom. The van der Waals surface area contributed by atoms with Gasteiger partial charge in [0, 0.05) is 12.8 Å². The normalized spacial score (nSPS) is 20.4. The van der Waals surface area contributed by atoms with Crippen molar-refractivity contribution in [3.8, 4) is 0 Å². The molecule has 0 amide bonds. The second-order valence-electron chi connectivity index (χ2n) is 5.70. The van der Waals surface area contributed by atoms with E-state index in [-0.39, 0.29) is 0 Å². The van der Waals surface area contributed by atoms with Crippen LogP contribution in [0.1, 0.15) is 37.7 Å². The van der Waals surface area contributed by atoms with Gasteiger partial charge >= 0.3 is 0 Å². The first kappa shape index (κ1) is 12.4. The molecule has 1 aliphatic carbocycles. The minimum absolute atomic E-state index is 0.461. The molecule has 1 atom stereocenters. The molecule has 0 heterocycles. The van der Waals surface area contributed by atoms with Gasteiger partial charge in [-0.15, -0.1) is 0 Å². The summed E-state index contributed by atoms with van der Waals surface area (Å²) in [6, 6.07) is 15.1.